The minimum absolute atomic E-state index is 0.299. The Morgan fingerprint density at radius 3 is 3.11 bits per heavy atom. The molecule has 18 heavy (non-hydrogen) atoms. The predicted molar refractivity (Wildman–Crippen MR) is 67.4 cm³/mol. The van der Waals surface area contributed by atoms with E-state index in [0.29, 0.717) is 17.7 Å². The number of fused-ring (bicyclic) bond motifs is 1. The van der Waals surface area contributed by atoms with Gasteiger partial charge < -0.3 is 4.74 Å². The molecule has 4 heteroatoms. The lowest BCUT2D eigenvalue weighted by molar-refractivity contribution is -0.137. The van der Waals surface area contributed by atoms with Gasteiger partial charge in [0.1, 0.15) is 5.82 Å². The average Bonchev–Trinajstić information content (AvgIpc) is 2.36. The first-order valence-electron chi connectivity index (χ1n) is 5.60. The van der Waals surface area contributed by atoms with Crippen molar-refractivity contribution in [3.05, 3.63) is 47.9 Å². The summed E-state index contributed by atoms with van der Waals surface area (Å²) in [5.74, 6) is -0.898. The highest BCUT2D eigenvalue weighted by molar-refractivity contribution is 5.88. The van der Waals surface area contributed by atoms with E-state index in [4.69, 9.17) is 4.74 Å². The zero-order valence-corrected chi connectivity index (χ0v) is 9.89. The molecule has 1 aromatic carbocycles. The number of carbonyl (C=O) groups is 1. The average molecular weight is 245 g/mol. The number of halogens is 1. The second kappa shape index (κ2) is 5.40. The quantitative estimate of drug-likeness (QED) is 0.616. The van der Waals surface area contributed by atoms with Gasteiger partial charge in [0.15, 0.2) is 0 Å². The molecule has 92 valence electrons. The van der Waals surface area contributed by atoms with Gasteiger partial charge in [0, 0.05) is 29.3 Å². The van der Waals surface area contributed by atoms with E-state index in [9.17, 15) is 9.18 Å². The van der Waals surface area contributed by atoms with Crippen LogP contribution in [0.4, 0.5) is 4.39 Å². The molecule has 0 N–H and O–H groups in total. The summed E-state index contributed by atoms with van der Waals surface area (Å²) in [6.45, 7) is 2.02. The molecule has 0 unspecified atom stereocenters. The van der Waals surface area contributed by atoms with Gasteiger partial charge in [-0.2, -0.15) is 0 Å². The molecule has 0 aliphatic carbocycles. The lowest BCUT2D eigenvalue weighted by Gasteiger charge is -2.01. The first kappa shape index (κ1) is 12.2. The van der Waals surface area contributed by atoms with E-state index in [-0.39, 0.29) is 0 Å². The largest absolute Gasteiger partial charge is 0.463 e. The Labute approximate surface area is 104 Å². The molecule has 0 radical (unpaired) electrons. The SMILES string of the molecule is CCOC(=O)C=Cc1cc2cccnc2cc1F. The second-order valence-electron chi connectivity index (χ2n) is 3.66. The molecule has 1 heterocycles. The van der Waals surface area contributed by atoms with Crippen molar-refractivity contribution in [3.8, 4) is 0 Å². The van der Waals surface area contributed by atoms with Crippen molar-refractivity contribution in [2.45, 2.75) is 6.92 Å². The monoisotopic (exact) mass is 245 g/mol. The molecular formula is C14H12FNO2. The number of hydrogen-bond acceptors (Lipinski definition) is 3. The number of hydrogen-bond donors (Lipinski definition) is 0. The Kier molecular flexibility index (Phi) is 3.67. The summed E-state index contributed by atoms with van der Waals surface area (Å²) in [6.07, 6.45) is 4.22. The summed E-state index contributed by atoms with van der Waals surface area (Å²) in [5, 5.41) is 0.822. The minimum Gasteiger partial charge on any atom is -0.463 e. The summed E-state index contributed by atoms with van der Waals surface area (Å²) in [7, 11) is 0. The molecule has 0 atom stereocenters. The van der Waals surface area contributed by atoms with Crippen LogP contribution >= 0.6 is 0 Å². The van der Waals surface area contributed by atoms with Crippen molar-refractivity contribution in [1.82, 2.24) is 4.98 Å². The second-order valence-corrected chi connectivity index (χ2v) is 3.66. The van der Waals surface area contributed by atoms with Gasteiger partial charge in [-0.1, -0.05) is 6.07 Å². The Morgan fingerprint density at radius 1 is 1.50 bits per heavy atom. The number of nitrogens with zero attached hydrogens (tertiary/aromatic N) is 1. The highest BCUT2D eigenvalue weighted by Crippen LogP contribution is 2.18. The fourth-order valence-corrected chi connectivity index (χ4v) is 1.59. The number of carbonyl (C=O) groups excluding carboxylic acids is 1. The summed E-state index contributed by atoms with van der Waals surface area (Å²) >= 11 is 0. The van der Waals surface area contributed by atoms with Crippen molar-refractivity contribution in [2.24, 2.45) is 0 Å². The van der Waals surface area contributed by atoms with Gasteiger partial charge >= 0.3 is 5.97 Å². The fraction of sp³-hybridized carbons (Fsp3) is 0.143. The zero-order valence-electron chi connectivity index (χ0n) is 9.89. The van der Waals surface area contributed by atoms with E-state index < -0.39 is 11.8 Å². The summed E-state index contributed by atoms with van der Waals surface area (Å²) < 4.78 is 18.4. The molecule has 0 spiro atoms. The van der Waals surface area contributed by atoms with Crippen LogP contribution in [0.25, 0.3) is 17.0 Å². The van der Waals surface area contributed by atoms with Crippen LogP contribution < -0.4 is 0 Å². The van der Waals surface area contributed by atoms with Gasteiger partial charge in [-0.05, 0) is 25.1 Å². The van der Waals surface area contributed by atoms with E-state index in [0.717, 1.165) is 5.39 Å². The molecule has 0 aliphatic rings. The number of pyridine rings is 1. The summed E-state index contributed by atoms with van der Waals surface area (Å²) in [6, 6.07) is 6.61. The van der Waals surface area contributed by atoms with Crippen LogP contribution in [0.3, 0.4) is 0 Å². The van der Waals surface area contributed by atoms with Crippen LogP contribution in [0, 0.1) is 5.82 Å². The van der Waals surface area contributed by atoms with Crippen molar-refractivity contribution in [1.29, 1.82) is 0 Å². The highest BCUT2D eigenvalue weighted by atomic mass is 19.1. The van der Waals surface area contributed by atoms with Crippen LogP contribution in [-0.2, 0) is 9.53 Å². The number of rotatable bonds is 3. The molecule has 2 rings (SSSR count). The standard InChI is InChI=1S/C14H12FNO2/c1-2-18-14(17)6-5-10-8-11-4-3-7-16-13(11)9-12(10)15/h3-9H,2H2,1H3. The van der Waals surface area contributed by atoms with Crippen LogP contribution in [0.15, 0.2) is 36.5 Å². The summed E-state index contributed by atoms with van der Waals surface area (Å²) in [5.41, 5.74) is 0.923. The number of aromatic nitrogens is 1. The topological polar surface area (TPSA) is 39.2 Å². The van der Waals surface area contributed by atoms with Crippen LogP contribution in [0.1, 0.15) is 12.5 Å². The van der Waals surface area contributed by atoms with Crippen LogP contribution in [0.5, 0.6) is 0 Å². The van der Waals surface area contributed by atoms with Gasteiger partial charge in [0.25, 0.3) is 0 Å². The van der Waals surface area contributed by atoms with Gasteiger partial charge in [-0.15, -0.1) is 0 Å². The Morgan fingerprint density at radius 2 is 2.33 bits per heavy atom. The lowest BCUT2D eigenvalue weighted by atomic mass is 10.1. The maximum absolute atomic E-state index is 13.7. The Balaban J connectivity index is 2.33. The predicted octanol–water partition coefficient (Wildman–Crippen LogP) is 2.95. The smallest absolute Gasteiger partial charge is 0.330 e. The first-order chi connectivity index (χ1) is 8.70. The van der Waals surface area contributed by atoms with Crippen LogP contribution in [0.2, 0.25) is 0 Å². The molecule has 0 aliphatic heterocycles. The third-order valence-electron chi connectivity index (χ3n) is 2.41. The third-order valence-corrected chi connectivity index (χ3v) is 2.41. The maximum atomic E-state index is 13.7. The van der Waals surface area contributed by atoms with Crippen LogP contribution in [-0.4, -0.2) is 17.6 Å². The molecule has 0 amide bonds. The molecule has 0 saturated heterocycles. The number of ether oxygens (including phenoxy) is 1. The highest BCUT2D eigenvalue weighted by Gasteiger charge is 2.03. The van der Waals surface area contributed by atoms with Crippen molar-refractivity contribution in [2.75, 3.05) is 6.61 Å². The van der Waals surface area contributed by atoms with Crippen molar-refractivity contribution >= 4 is 22.9 Å². The summed E-state index contributed by atoms with van der Waals surface area (Å²) in [4.78, 5) is 15.2. The van der Waals surface area contributed by atoms with Crippen molar-refractivity contribution < 1.29 is 13.9 Å². The molecule has 0 fully saturated rings. The van der Waals surface area contributed by atoms with Gasteiger partial charge in [0.2, 0.25) is 0 Å². The third kappa shape index (κ3) is 2.71. The maximum Gasteiger partial charge on any atom is 0.330 e. The molecule has 0 bridgehead atoms. The molecular weight excluding hydrogens is 233 g/mol. The molecule has 2 aromatic rings. The van der Waals surface area contributed by atoms with Gasteiger partial charge in [-0.25, -0.2) is 9.18 Å². The zero-order chi connectivity index (χ0) is 13.0. The number of benzene rings is 1. The molecule has 1 aromatic heterocycles. The van der Waals surface area contributed by atoms with E-state index in [1.54, 1.807) is 25.3 Å². The fourth-order valence-electron chi connectivity index (χ4n) is 1.59. The van der Waals surface area contributed by atoms with Gasteiger partial charge in [-0.3, -0.25) is 4.98 Å². The Bertz CT molecular complexity index is 608. The van der Waals surface area contributed by atoms with E-state index in [2.05, 4.69) is 4.98 Å². The van der Waals surface area contributed by atoms with Crippen molar-refractivity contribution in [3.63, 3.8) is 0 Å². The van der Waals surface area contributed by atoms with E-state index in [1.807, 2.05) is 6.07 Å². The normalized spacial score (nSPS) is 11.0. The lowest BCUT2D eigenvalue weighted by Crippen LogP contribution is -1.98. The van der Waals surface area contributed by atoms with E-state index >= 15 is 0 Å². The van der Waals surface area contributed by atoms with Gasteiger partial charge in [0.05, 0.1) is 12.1 Å². The first-order valence-corrected chi connectivity index (χ1v) is 5.60. The number of esters is 1. The Hall–Kier alpha value is -2.23. The molecule has 0 saturated carbocycles. The molecule has 3 nitrogen and oxygen atoms in total. The minimum atomic E-state index is -0.483. The van der Waals surface area contributed by atoms with E-state index in [1.165, 1.54) is 18.2 Å².